The maximum atomic E-state index is 12.6. The zero-order valence-electron chi connectivity index (χ0n) is 14.1. The van der Waals surface area contributed by atoms with Crippen LogP contribution < -0.4 is 5.32 Å². The predicted molar refractivity (Wildman–Crippen MR) is 90.4 cm³/mol. The summed E-state index contributed by atoms with van der Waals surface area (Å²) in [7, 11) is 0. The molecule has 2 heterocycles. The van der Waals surface area contributed by atoms with Gasteiger partial charge in [-0.2, -0.15) is 0 Å². The molecule has 1 aliphatic heterocycles. The number of nitrogens with one attached hydrogen (secondary N) is 1. The highest BCUT2D eigenvalue weighted by molar-refractivity contribution is 5.88. The molecule has 0 radical (unpaired) electrons. The zero-order chi connectivity index (χ0) is 16.4. The molecule has 1 aromatic heterocycles. The first-order chi connectivity index (χ1) is 11.0. The van der Waals surface area contributed by atoms with Crippen molar-refractivity contribution in [1.82, 2.24) is 9.88 Å². The molecule has 1 aliphatic carbocycles. The summed E-state index contributed by atoms with van der Waals surface area (Å²) in [5.74, 6) is 0.988. The van der Waals surface area contributed by atoms with Crippen LogP contribution in [-0.2, 0) is 12.8 Å². The van der Waals surface area contributed by atoms with Crippen LogP contribution >= 0.6 is 0 Å². The second kappa shape index (κ2) is 6.48. The summed E-state index contributed by atoms with van der Waals surface area (Å²) in [6, 6.07) is 3.87. The lowest BCUT2D eigenvalue weighted by atomic mass is 9.72. The van der Waals surface area contributed by atoms with Gasteiger partial charge in [-0.1, -0.05) is 19.9 Å². The van der Waals surface area contributed by atoms with E-state index in [1.807, 2.05) is 11.0 Å². The Morgan fingerprint density at radius 1 is 1.39 bits per heavy atom. The number of amides is 2. The van der Waals surface area contributed by atoms with Crippen LogP contribution in [0, 0.1) is 11.3 Å². The number of hydrogen-bond acceptors (Lipinski definition) is 3. The van der Waals surface area contributed by atoms with Crippen molar-refractivity contribution in [1.29, 1.82) is 0 Å². The van der Waals surface area contributed by atoms with Gasteiger partial charge in [-0.25, -0.2) is 9.78 Å². The largest absolute Gasteiger partial charge is 0.396 e. The van der Waals surface area contributed by atoms with Crippen molar-refractivity contribution < 1.29 is 9.90 Å². The normalized spacial score (nSPS) is 23.9. The van der Waals surface area contributed by atoms with Crippen molar-refractivity contribution in [3.63, 3.8) is 0 Å². The predicted octanol–water partition coefficient (Wildman–Crippen LogP) is 2.83. The first kappa shape index (κ1) is 16.2. The van der Waals surface area contributed by atoms with E-state index in [2.05, 4.69) is 30.2 Å². The Kier molecular flexibility index (Phi) is 4.57. The van der Waals surface area contributed by atoms with Crippen LogP contribution in [0.3, 0.4) is 0 Å². The number of nitrogens with zero attached hydrogens (tertiary/aromatic N) is 2. The average Bonchev–Trinajstić information content (AvgIpc) is 3.02. The van der Waals surface area contributed by atoms with Crippen LogP contribution in [0.1, 0.15) is 44.4 Å². The lowest BCUT2D eigenvalue weighted by Crippen LogP contribution is -2.51. The SMILES string of the molecule is CC(C)C1(CO)CCCN(C(=O)Nc2ccc3c(n2)CCC3)C1. The number of likely N-dealkylation sites (tertiary alicyclic amines) is 1. The van der Waals surface area contributed by atoms with Gasteiger partial charge in [-0.15, -0.1) is 0 Å². The molecular formula is C18H27N3O2. The molecule has 5 nitrogen and oxygen atoms in total. The molecular weight excluding hydrogens is 290 g/mol. The topological polar surface area (TPSA) is 65.5 Å². The van der Waals surface area contributed by atoms with Gasteiger partial charge in [-0.3, -0.25) is 5.32 Å². The second-order valence-corrected chi connectivity index (χ2v) is 7.29. The standard InChI is InChI=1S/C18H27N3O2/c1-13(2)18(12-22)9-4-10-21(11-18)17(23)20-16-8-7-14-5-3-6-15(14)19-16/h7-8,13,22H,3-6,9-12H2,1-2H3,(H,19,20,23). The fourth-order valence-corrected chi connectivity index (χ4v) is 3.80. The Bertz CT molecular complexity index is 588. The van der Waals surface area contributed by atoms with Gasteiger partial charge >= 0.3 is 6.03 Å². The van der Waals surface area contributed by atoms with Gasteiger partial charge in [0.15, 0.2) is 0 Å². The molecule has 3 rings (SSSR count). The number of urea groups is 1. The van der Waals surface area contributed by atoms with Crippen molar-refractivity contribution in [2.24, 2.45) is 11.3 Å². The van der Waals surface area contributed by atoms with E-state index in [9.17, 15) is 9.90 Å². The minimum atomic E-state index is -0.180. The molecule has 2 amide bonds. The molecule has 2 N–H and O–H groups in total. The number of rotatable bonds is 3. The van der Waals surface area contributed by atoms with E-state index in [4.69, 9.17) is 0 Å². The Balaban J connectivity index is 1.68. The Morgan fingerprint density at radius 3 is 2.96 bits per heavy atom. The summed E-state index contributed by atoms with van der Waals surface area (Å²) >= 11 is 0. The second-order valence-electron chi connectivity index (χ2n) is 7.29. The molecule has 0 saturated carbocycles. The summed E-state index contributed by atoms with van der Waals surface area (Å²) in [4.78, 5) is 19.0. The smallest absolute Gasteiger partial charge is 0.323 e. The number of piperidine rings is 1. The third-order valence-electron chi connectivity index (χ3n) is 5.60. The van der Waals surface area contributed by atoms with Crippen LogP contribution in [0.4, 0.5) is 10.6 Å². The first-order valence-corrected chi connectivity index (χ1v) is 8.70. The molecule has 23 heavy (non-hydrogen) atoms. The Morgan fingerprint density at radius 2 is 2.22 bits per heavy atom. The molecule has 0 spiro atoms. The minimum Gasteiger partial charge on any atom is -0.396 e. The van der Waals surface area contributed by atoms with E-state index in [-0.39, 0.29) is 18.1 Å². The minimum absolute atomic E-state index is 0.103. The van der Waals surface area contributed by atoms with Gasteiger partial charge in [-0.05, 0) is 49.7 Å². The average molecular weight is 317 g/mol. The van der Waals surface area contributed by atoms with Crippen molar-refractivity contribution in [3.8, 4) is 0 Å². The maximum Gasteiger partial charge on any atom is 0.323 e. The van der Waals surface area contributed by atoms with Crippen molar-refractivity contribution in [2.75, 3.05) is 25.0 Å². The lowest BCUT2D eigenvalue weighted by molar-refractivity contribution is 0.0129. The van der Waals surface area contributed by atoms with Gasteiger partial charge in [0, 0.05) is 24.2 Å². The fourth-order valence-electron chi connectivity index (χ4n) is 3.80. The molecule has 1 unspecified atom stereocenters. The highest BCUT2D eigenvalue weighted by Gasteiger charge is 2.39. The number of fused-ring (bicyclic) bond motifs is 1. The Hall–Kier alpha value is -1.62. The number of carbonyl (C=O) groups is 1. The summed E-state index contributed by atoms with van der Waals surface area (Å²) in [5, 5.41) is 12.8. The van der Waals surface area contributed by atoms with Crippen molar-refractivity contribution >= 4 is 11.8 Å². The number of aliphatic hydroxyl groups excluding tert-OH is 1. The highest BCUT2D eigenvalue weighted by Crippen LogP contribution is 2.37. The van der Waals surface area contributed by atoms with Crippen molar-refractivity contribution in [2.45, 2.75) is 46.0 Å². The van der Waals surface area contributed by atoms with E-state index in [1.165, 1.54) is 5.56 Å². The van der Waals surface area contributed by atoms with Crippen LogP contribution in [0.25, 0.3) is 0 Å². The number of aryl methyl sites for hydroxylation is 2. The maximum absolute atomic E-state index is 12.6. The molecule has 2 aliphatic rings. The molecule has 5 heteroatoms. The van der Waals surface area contributed by atoms with E-state index in [0.717, 1.165) is 44.3 Å². The third-order valence-corrected chi connectivity index (χ3v) is 5.60. The molecule has 1 atom stereocenters. The van der Waals surface area contributed by atoms with Crippen LogP contribution in [0.15, 0.2) is 12.1 Å². The molecule has 0 aromatic carbocycles. The van der Waals surface area contributed by atoms with Gasteiger partial charge in [0.2, 0.25) is 0 Å². The lowest BCUT2D eigenvalue weighted by Gasteiger charge is -2.44. The Labute approximate surface area is 138 Å². The van der Waals surface area contributed by atoms with Crippen LogP contribution in [0.2, 0.25) is 0 Å². The van der Waals surface area contributed by atoms with Crippen molar-refractivity contribution in [3.05, 3.63) is 23.4 Å². The molecule has 126 valence electrons. The van der Waals surface area contributed by atoms with E-state index in [0.29, 0.717) is 18.3 Å². The molecule has 1 saturated heterocycles. The van der Waals surface area contributed by atoms with E-state index < -0.39 is 0 Å². The summed E-state index contributed by atoms with van der Waals surface area (Å²) in [6.45, 7) is 5.73. The van der Waals surface area contributed by atoms with Gasteiger partial charge in [0.1, 0.15) is 5.82 Å². The summed E-state index contributed by atoms with van der Waals surface area (Å²) in [6.07, 6.45) is 5.16. The van der Waals surface area contributed by atoms with Gasteiger partial charge in [0.25, 0.3) is 0 Å². The highest BCUT2D eigenvalue weighted by atomic mass is 16.3. The van der Waals surface area contributed by atoms with E-state index >= 15 is 0 Å². The fraction of sp³-hybridized carbons (Fsp3) is 0.667. The van der Waals surface area contributed by atoms with Crippen LogP contribution in [-0.4, -0.2) is 40.7 Å². The zero-order valence-corrected chi connectivity index (χ0v) is 14.1. The molecule has 1 aromatic rings. The first-order valence-electron chi connectivity index (χ1n) is 8.70. The summed E-state index contributed by atoms with van der Waals surface area (Å²) < 4.78 is 0. The van der Waals surface area contributed by atoms with Gasteiger partial charge < -0.3 is 10.0 Å². The number of carbonyl (C=O) groups excluding carboxylic acids is 1. The number of hydrogen-bond donors (Lipinski definition) is 2. The number of anilines is 1. The van der Waals surface area contributed by atoms with Gasteiger partial charge in [0.05, 0.1) is 6.61 Å². The number of aromatic nitrogens is 1. The quantitative estimate of drug-likeness (QED) is 0.901. The number of aliphatic hydroxyl groups is 1. The third kappa shape index (κ3) is 3.20. The number of pyridine rings is 1. The molecule has 1 fully saturated rings. The molecule has 0 bridgehead atoms. The van der Waals surface area contributed by atoms with E-state index in [1.54, 1.807) is 0 Å². The summed E-state index contributed by atoms with van der Waals surface area (Å²) in [5.41, 5.74) is 2.24. The monoisotopic (exact) mass is 317 g/mol. The van der Waals surface area contributed by atoms with Crippen LogP contribution in [0.5, 0.6) is 0 Å².